The van der Waals surface area contributed by atoms with Crippen LogP contribution in [0.4, 0.5) is 0 Å². The molecule has 1 aromatic heterocycles. The van der Waals surface area contributed by atoms with Crippen molar-refractivity contribution in [3.63, 3.8) is 0 Å². The van der Waals surface area contributed by atoms with Crippen molar-refractivity contribution in [3.05, 3.63) is 58.9 Å². The van der Waals surface area contributed by atoms with Crippen molar-refractivity contribution in [3.8, 4) is 5.75 Å². The predicted molar refractivity (Wildman–Crippen MR) is 93.1 cm³/mol. The predicted octanol–water partition coefficient (Wildman–Crippen LogP) is 3.18. The molecule has 0 radical (unpaired) electrons. The Kier molecular flexibility index (Phi) is 6.32. The Morgan fingerprint density at radius 3 is 2.54 bits per heavy atom. The van der Waals surface area contributed by atoms with Crippen LogP contribution >= 0.6 is 0 Å². The Morgan fingerprint density at radius 1 is 1.25 bits per heavy atom. The van der Waals surface area contributed by atoms with Crippen LogP contribution in [-0.4, -0.2) is 34.6 Å². The quantitative estimate of drug-likeness (QED) is 0.806. The number of aliphatic carboxylic acids is 1. The summed E-state index contributed by atoms with van der Waals surface area (Å²) in [4.78, 5) is 16.9. The van der Waals surface area contributed by atoms with Crippen molar-refractivity contribution in [1.29, 1.82) is 0 Å². The molecule has 0 saturated heterocycles. The average molecular weight is 328 g/mol. The number of ether oxygens (including phenoxy) is 1. The van der Waals surface area contributed by atoms with E-state index in [0.717, 1.165) is 34.7 Å². The van der Waals surface area contributed by atoms with Gasteiger partial charge in [0.15, 0.2) is 0 Å². The second-order valence-corrected chi connectivity index (χ2v) is 6.05. The number of rotatable bonds is 8. The van der Waals surface area contributed by atoms with Crippen molar-refractivity contribution in [2.45, 2.75) is 33.4 Å². The summed E-state index contributed by atoms with van der Waals surface area (Å²) in [6.45, 7) is 5.75. The fourth-order valence-corrected chi connectivity index (χ4v) is 2.67. The molecule has 0 saturated carbocycles. The lowest BCUT2D eigenvalue weighted by molar-refractivity contribution is -0.137. The van der Waals surface area contributed by atoms with Crippen LogP contribution in [-0.2, 0) is 17.9 Å². The van der Waals surface area contributed by atoms with Gasteiger partial charge in [-0.15, -0.1) is 0 Å². The van der Waals surface area contributed by atoms with Crippen LogP contribution in [0.3, 0.4) is 0 Å². The molecule has 24 heavy (non-hydrogen) atoms. The lowest BCUT2D eigenvalue weighted by Crippen LogP contribution is -2.21. The number of benzene rings is 1. The molecule has 0 aliphatic rings. The first kappa shape index (κ1) is 17.9. The van der Waals surface area contributed by atoms with Gasteiger partial charge in [-0.25, -0.2) is 0 Å². The molecule has 1 heterocycles. The van der Waals surface area contributed by atoms with E-state index in [9.17, 15) is 4.79 Å². The van der Waals surface area contributed by atoms with Crippen LogP contribution in [0.2, 0.25) is 0 Å². The summed E-state index contributed by atoms with van der Waals surface area (Å²) in [5.41, 5.74) is 4.21. The fourth-order valence-electron chi connectivity index (χ4n) is 2.67. The first-order valence-electron chi connectivity index (χ1n) is 7.99. The van der Waals surface area contributed by atoms with E-state index >= 15 is 0 Å². The molecular formula is C19H24N2O3. The van der Waals surface area contributed by atoms with Crippen molar-refractivity contribution in [1.82, 2.24) is 9.88 Å². The van der Waals surface area contributed by atoms with Crippen molar-refractivity contribution >= 4 is 5.97 Å². The van der Waals surface area contributed by atoms with E-state index in [4.69, 9.17) is 9.84 Å². The molecule has 0 bridgehead atoms. The van der Waals surface area contributed by atoms with Gasteiger partial charge in [-0.1, -0.05) is 18.2 Å². The van der Waals surface area contributed by atoms with Crippen LogP contribution < -0.4 is 4.74 Å². The Hall–Kier alpha value is -2.40. The average Bonchev–Trinajstić information content (AvgIpc) is 2.53. The number of carboxylic acids is 1. The molecule has 5 heteroatoms. The van der Waals surface area contributed by atoms with E-state index in [1.165, 1.54) is 0 Å². The molecule has 2 aromatic rings. The summed E-state index contributed by atoms with van der Waals surface area (Å²) in [5, 5.41) is 8.76. The first-order valence-corrected chi connectivity index (χ1v) is 7.99. The number of nitrogens with zero attached hydrogens (tertiary/aromatic N) is 2. The molecule has 1 N–H and O–H groups in total. The lowest BCUT2D eigenvalue weighted by Gasteiger charge is -2.18. The van der Waals surface area contributed by atoms with Gasteiger partial charge in [-0.3, -0.25) is 9.78 Å². The molecule has 0 aliphatic heterocycles. The second-order valence-electron chi connectivity index (χ2n) is 6.05. The molecule has 0 aliphatic carbocycles. The molecule has 0 spiro atoms. The number of aromatic nitrogens is 1. The van der Waals surface area contributed by atoms with Gasteiger partial charge in [-0.2, -0.15) is 0 Å². The van der Waals surface area contributed by atoms with E-state index in [1.807, 2.05) is 44.0 Å². The molecule has 5 nitrogen and oxygen atoms in total. The summed E-state index contributed by atoms with van der Waals surface area (Å²) < 4.78 is 5.94. The number of hydrogen-bond acceptors (Lipinski definition) is 4. The monoisotopic (exact) mass is 328 g/mol. The third-order valence-electron chi connectivity index (χ3n) is 3.77. The van der Waals surface area contributed by atoms with Crippen LogP contribution in [0.15, 0.2) is 36.5 Å². The third kappa shape index (κ3) is 5.35. The maximum Gasteiger partial charge on any atom is 0.304 e. The third-order valence-corrected chi connectivity index (χ3v) is 3.77. The highest BCUT2D eigenvalue weighted by molar-refractivity contribution is 5.66. The number of pyridine rings is 1. The second kappa shape index (κ2) is 8.45. The molecular weight excluding hydrogens is 304 g/mol. The van der Waals surface area contributed by atoms with Crippen LogP contribution in [0.25, 0.3) is 0 Å². The number of carbonyl (C=O) groups is 1. The van der Waals surface area contributed by atoms with Gasteiger partial charge in [0.2, 0.25) is 0 Å². The zero-order chi connectivity index (χ0) is 17.5. The molecule has 0 amide bonds. The molecule has 0 unspecified atom stereocenters. The minimum atomic E-state index is -0.771. The minimum Gasteiger partial charge on any atom is -0.487 e. The van der Waals surface area contributed by atoms with Gasteiger partial charge in [0.05, 0.1) is 12.1 Å². The van der Waals surface area contributed by atoms with Gasteiger partial charge in [0.1, 0.15) is 12.4 Å². The standard InChI is InChI=1S/C19H24N2O3/c1-14-10-16(12-21(3)9-7-18(22)23)11-15(2)19(14)24-13-17-6-4-5-8-20-17/h4-6,8,10-11H,7,9,12-13H2,1-3H3,(H,22,23). The highest BCUT2D eigenvalue weighted by atomic mass is 16.5. The smallest absolute Gasteiger partial charge is 0.304 e. The van der Waals surface area contributed by atoms with Gasteiger partial charge < -0.3 is 14.7 Å². The van der Waals surface area contributed by atoms with Gasteiger partial charge in [0, 0.05) is 19.3 Å². The lowest BCUT2D eigenvalue weighted by atomic mass is 10.1. The number of hydrogen-bond donors (Lipinski definition) is 1. The Bertz CT molecular complexity index is 663. The summed E-state index contributed by atoms with van der Waals surface area (Å²) in [7, 11) is 1.93. The maximum absolute atomic E-state index is 10.6. The van der Waals surface area contributed by atoms with E-state index < -0.39 is 5.97 Å². The Morgan fingerprint density at radius 2 is 1.96 bits per heavy atom. The summed E-state index contributed by atoms with van der Waals surface area (Å²) in [6.07, 6.45) is 1.91. The Labute approximate surface area is 142 Å². The van der Waals surface area contributed by atoms with Crippen molar-refractivity contribution < 1.29 is 14.6 Å². The van der Waals surface area contributed by atoms with Crippen LogP contribution in [0.5, 0.6) is 5.75 Å². The summed E-state index contributed by atoms with van der Waals surface area (Å²) >= 11 is 0. The summed E-state index contributed by atoms with van der Waals surface area (Å²) in [5.74, 6) is 0.116. The van der Waals surface area contributed by atoms with Crippen molar-refractivity contribution in [2.24, 2.45) is 0 Å². The normalized spacial score (nSPS) is 10.8. The van der Waals surface area contributed by atoms with Crippen LogP contribution in [0, 0.1) is 13.8 Å². The minimum absolute atomic E-state index is 0.153. The van der Waals surface area contributed by atoms with Crippen molar-refractivity contribution in [2.75, 3.05) is 13.6 Å². The van der Waals surface area contributed by atoms with E-state index in [0.29, 0.717) is 13.2 Å². The maximum atomic E-state index is 10.6. The molecule has 1 aromatic carbocycles. The first-order chi connectivity index (χ1) is 11.5. The number of aryl methyl sites for hydroxylation is 2. The highest BCUT2D eigenvalue weighted by Gasteiger charge is 2.09. The fraction of sp³-hybridized carbons (Fsp3) is 0.368. The van der Waals surface area contributed by atoms with Crippen LogP contribution in [0.1, 0.15) is 28.8 Å². The SMILES string of the molecule is Cc1cc(CN(C)CCC(=O)O)cc(C)c1OCc1ccccn1. The molecule has 0 fully saturated rings. The Balaban J connectivity index is 2.01. The highest BCUT2D eigenvalue weighted by Crippen LogP contribution is 2.26. The summed E-state index contributed by atoms with van der Waals surface area (Å²) in [6, 6.07) is 9.96. The molecule has 2 rings (SSSR count). The van der Waals surface area contributed by atoms with Gasteiger partial charge >= 0.3 is 5.97 Å². The zero-order valence-corrected chi connectivity index (χ0v) is 14.5. The van der Waals surface area contributed by atoms with Gasteiger partial charge in [0.25, 0.3) is 0 Å². The van der Waals surface area contributed by atoms with E-state index in [2.05, 4.69) is 17.1 Å². The largest absolute Gasteiger partial charge is 0.487 e. The van der Waals surface area contributed by atoms with Gasteiger partial charge in [-0.05, 0) is 49.7 Å². The zero-order valence-electron chi connectivity index (χ0n) is 14.5. The molecule has 0 atom stereocenters. The number of carboxylic acid groups (broad SMARTS) is 1. The molecule has 128 valence electrons. The van der Waals surface area contributed by atoms with E-state index in [1.54, 1.807) is 6.20 Å². The van der Waals surface area contributed by atoms with E-state index in [-0.39, 0.29) is 6.42 Å². The topological polar surface area (TPSA) is 62.7 Å².